The molecule has 0 radical (unpaired) electrons. The number of nitrogens with zero attached hydrogens (tertiary/aromatic N) is 1. The Hall–Kier alpha value is -1.77. The highest BCUT2D eigenvalue weighted by atomic mass is 32.2. The first kappa shape index (κ1) is 15.6. The summed E-state index contributed by atoms with van der Waals surface area (Å²) < 4.78 is 26.5. The molecule has 0 atom stereocenters. The van der Waals surface area contributed by atoms with Crippen LogP contribution in [0.1, 0.15) is 21.1 Å². The van der Waals surface area contributed by atoms with Gasteiger partial charge in [-0.1, -0.05) is 0 Å². The molecule has 0 bridgehead atoms. The number of thiazole rings is 1. The predicted octanol–water partition coefficient (Wildman–Crippen LogP) is 1.67. The molecule has 21 heavy (non-hydrogen) atoms. The second-order valence-corrected chi connectivity index (χ2v) is 7.07. The van der Waals surface area contributed by atoms with Crippen LogP contribution in [-0.2, 0) is 16.4 Å². The van der Waals surface area contributed by atoms with Gasteiger partial charge in [0.05, 0.1) is 15.5 Å². The van der Waals surface area contributed by atoms with Crippen molar-refractivity contribution in [1.82, 2.24) is 9.71 Å². The van der Waals surface area contributed by atoms with Crippen molar-refractivity contribution in [3.63, 3.8) is 0 Å². The Kier molecular flexibility index (Phi) is 4.71. The molecule has 2 aromatic rings. The number of sulfonamides is 1. The summed E-state index contributed by atoms with van der Waals surface area (Å²) in [5.41, 5.74) is 0.967. The van der Waals surface area contributed by atoms with Crippen LogP contribution in [0.3, 0.4) is 0 Å². The molecule has 0 amide bonds. The first-order chi connectivity index (χ1) is 9.88. The van der Waals surface area contributed by atoms with Gasteiger partial charge in [0.2, 0.25) is 10.0 Å². The lowest BCUT2D eigenvalue weighted by atomic mass is 10.2. The van der Waals surface area contributed by atoms with Crippen molar-refractivity contribution in [2.75, 3.05) is 6.54 Å². The van der Waals surface area contributed by atoms with E-state index in [0.717, 1.165) is 10.7 Å². The summed E-state index contributed by atoms with van der Waals surface area (Å²) in [5.74, 6) is -1.09. The van der Waals surface area contributed by atoms with Crippen molar-refractivity contribution < 1.29 is 18.3 Å². The van der Waals surface area contributed by atoms with E-state index in [1.807, 2.05) is 12.3 Å². The third kappa shape index (κ3) is 4.10. The number of carboxylic acid groups (broad SMARTS) is 1. The maximum Gasteiger partial charge on any atom is 0.335 e. The molecule has 112 valence electrons. The largest absolute Gasteiger partial charge is 0.478 e. The van der Waals surface area contributed by atoms with Crippen LogP contribution in [0, 0.1) is 6.92 Å². The summed E-state index contributed by atoms with van der Waals surface area (Å²) in [4.78, 5) is 15.0. The molecule has 0 aliphatic rings. The average molecular weight is 326 g/mol. The first-order valence-corrected chi connectivity index (χ1v) is 8.49. The highest BCUT2D eigenvalue weighted by Gasteiger charge is 2.14. The lowest BCUT2D eigenvalue weighted by molar-refractivity contribution is 0.0696. The molecule has 1 aromatic heterocycles. The fourth-order valence-electron chi connectivity index (χ4n) is 1.67. The number of carbonyl (C=O) groups is 1. The van der Waals surface area contributed by atoms with Crippen LogP contribution in [0.5, 0.6) is 0 Å². The number of benzene rings is 1. The van der Waals surface area contributed by atoms with Crippen LogP contribution < -0.4 is 4.72 Å². The number of hydrogen-bond acceptors (Lipinski definition) is 5. The second-order valence-electron chi connectivity index (χ2n) is 4.36. The molecule has 2 rings (SSSR count). The van der Waals surface area contributed by atoms with Gasteiger partial charge in [0.25, 0.3) is 0 Å². The number of hydrogen-bond donors (Lipinski definition) is 2. The lowest BCUT2D eigenvalue weighted by Crippen LogP contribution is -2.26. The highest BCUT2D eigenvalue weighted by Crippen LogP contribution is 2.12. The van der Waals surface area contributed by atoms with Crippen LogP contribution >= 0.6 is 11.3 Å². The zero-order chi connectivity index (χ0) is 15.5. The minimum Gasteiger partial charge on any atom is -0.478 e. The molecular formula is C13H14N2O4S2. The molecule has 1 aromatic carbocycles. The van der Waals surface area contributed by atoms with Gasteiger partial charge in [0, 0.05) is 24.0 Å². The van der Waals surface area contributed by atoms with Crippen LogP contribution in [0.15, 0.2) is 34.5 Å². The minimum absolute atomic E-state index is 0.0443. The van der Waals surface area contributed by atoms with Crippen LogP contribution in [-0.4, -0.2) is 31.0 Å². The van der Waals surface area contributed by atoms with Crippen LogP contribution in [0.4, 0.5) is 0 Å². The number of aryl methyl sites for hydroxylation is 1. The van der Waals surface area contributed by atoms with Gasteiger partial charge in [-0.05, 0) is 31.2 Å². The smallest absolute Gasteiger partial charge is 0.335 e. The third-order valence-corrected chi connectivity index (χ3v) is 5.21. The van der Waals surface area contributed by atoms with Gasteiger partial charge >= 0.3 is 5.97 Å². The van der Waals surface area contributed by atoms with E-state index in [0.29, 0.717) is 6.42 Å². The Bertz CT molecular complexity index is 736. The Balaban J connectivity index is 1.99. The molecule has 6 nitrogen and oxygen atoms in total. The van der Waals surface area contributed by atoms with E-state index in [1.165, 1.54) is 35.6 Å². The van der Waals surface area contributed by atoms with Crippen molar-refractivity contribution in [2.24, 2.45) is 0 Å². The standard InChI is InChI=1S/C13H14N2O4S2/c1-9-8-20-12(15-9)6-7-14-21(18,19)11-4-2-10(3-5-11)13(16)17/h2-5,8,14H,6-7H2,1H3,(H,16,17). The monoisotopic (exact) mass is 326 g/mol. The van der Waals surface area contributed by atoms with Crippen LogP contribution in [0.25, 0.3) is 0 Å². The van der Waals surface area contributed by atoms with E-state index in [1.54, 1.807) is 0 Å². The number of nitrogens with one attached hydrogen (secondary N) is 1. The molecule has 0 unspecified atom stereocenters. The normalized spacial score (nSPS) is 11.5. The fraction of sp³-hybridized carbons (Fsp3) is 0.231. The highest BCUT2D eigenvalue weighted by molar-refractivity contribution is 7.89. The molecule has 0 aliphatic heterocycles. The molecule has 0 fully saturated rings. The van der Waals surface area contributed by atoms with E-state index in [-0.39, 0.29) is 17.0 Å². The van der Waals surface area contributed by atoms with Crippen molar-refractivity contribution >= 4 is 27.3 Å². The Labute approximate surface area is 126 Å². The maximum atomic E-state index is 12.0. The van der Waals surface area contributed by atoms with Crippen molar-refractivity contribution in [1.29, 1.82) is 0 Å². The first-order valence-electron chi connectivity index (χ1n) is 6.12. The van der Waals surface area contributed by atoms with Gasteiger partial charge in [-0.2, -0.15) is 0 Å². The summed E-state index contributed by atoms with van der Waals surface area (Å²) in [6.45, 7) is 2.13. The SMILES string of the molecule is Cc1csc(CCNS(=O)(=O)c2ccc(C(=O)O)cc2)n1. The minimum atomic E-state index is -3.63. The summed E-state index contributed by atoms with van der Waals surface area (Å²) in [6.07, 6.45) is 0.519. The molecule has 2 N–H and O–H groups in total. The van der Waals surface area contributed by atoms with Gasteiger partial charge in [-0.3, -0.25) is 0 Å². The number of carboxylic acids is 1. The summed E-state index contributed by atoms with van der Waals surface area (Å²) >= 11 is 1.49. The number of rotatable bonds is 6. The molecule has 8 heteroatoms. The van der Waals surface area contributed by atoms with Crippen molar-refractivity contribution in [3.8, 4) is 0 Å². The summed E-state index contributed by atoms with van der Waals surface area (Å²) in [7, 11) is -3.63. The van der Waals surface area contributed by atoms with E-state index < -0.39 is 16.0 Å². The fourth-order valence-corrected chi connectivity index (χ4v) is 3.48. The Morgan fingerprint density at radius 1 is 1.33 bits per heavy atom. The average Bonchev–Trinajstić information content (AvgIpc) is 2.84. The second kappa shape index (κ2) is 6.33. The van der Waals surface area contributed by atoms with E-state index in [4.69, 9.17) is 5.11 Å². The summed E-state index contributed by atoms with van der Waals surface area (Å²) in [5, 5.41) is 11.6. The molecular weight excluding hydrogens is 312 g/mol. The number of aromatic carboxylic acids is 1. The van der Waals surface area contributed by atoms with Crippen molar-refractivity contribution in [2.45, 2.75) is 18.2 Å². The quantitative estimate of drug-likeness (QED) is 0.842. The van der Waals surface area contributed by atoms with Crippen molar-refractivity contribution in [3.05, 3.63) is 45.9 Å². The predicted molar refractivity (Wildman–Crippen MR) is 79.1 cm³/mol. The van der Waals surface area contributed by atoms with Gasteiger partial charge in [0.1, 0.15) is 0 Å². The molecule has 1 heterocycles. The Morgan fingerprint density at radius 2 is 2.00 bits per heavy atom. The van der Waals surface area contributed by atoms with Gasteiger partial charge < -0.3 is 5.11 Å². The van der Waals surface area contributed by atoms with Gasteiger partial charge in [-0.25, -0.2) is 22.9 Å². The molecule has 0 aliphatic carbocycles. The van der Waals surface area contributed by atoms with E-state index >= 15 is 0 Å². The molecule has 0 spiro atoms. The third-order valence-electron chi connectivity index (χ3n) is 2.71. The zero-order valence-corrected chi connectivity index (χ0v) is 12.9. The molecule has 0 saturated heterocycles. The maximum absolute atomic E-state index is 12.0. The summed E-state index contributed by atoms with van der Waals surface area (Å²) in [6, 6.07) is 5.08. The van der Waals surface area contributed by atoms with Gasteiger partial charge in [0.15, 0.2) is 0 Å². The van der Waals surface area contributed by atoms with Gasteiger partial charge in [-0.15, -0.1) is 11.3 Å². The zero-order valence-electron chi connectivity index (χ0n) is 11.2. The van der Waals surface area contributed by atoms with Crippen LogP contribution in [0.2, 0.25) is 0 Å². The molecule has 0 saturated carbocycles. The van der Waals surface area contributed by atoms with E-state index in [2.05, 4.69) is 9.71 Å². The number of aromatic nitrogens is 1. The van der Waals surface area contributed by atoms with E-state index in [9.17, 15) is 13.2 Å². The Morgan fingerprint density at radius 3 is 2.52 bits per heavy atom. The topological polar surface area (TPSA) is 96.4 Å². The lowest BCUT2D eigenvalue weighted by Gasteiger charge is -2.06.